The topological polar surface area (TPSA) is 148 Å². The number of ether oxygens (including phenoxy) is 3. The zero-order valence-corrected chi connectivity index (χ0v) is 23.2. The molecule has 0 unspecified atom stereocenters. The number of amides is 1. The SMILES string of the molecule is COc1ccc(CN(Cc2ccc(OC)cc2)c2nc(Cl)c(C)c(NCCOCCNC(=O)O)c2[N+](=O)[O-])cc1. The van der Waals surface area contributed by atoms with E-state index in [-0.39, 0.29) is 48.6 Å². The largest absolute Gasteiger partial charge is 0.497 e. The van der Waals surface area contributed by atoms with E-state index >= 15 is 0 Å². The first-order chi connectivity index (χ1) is 19.2. The number of rotatable bonds is 15. The second-order valence-electron chi connectivity index (χ2n) is 8.66. The normalized spacial score (nSPS) is 10.6. The third-order valence-corrected chi connectivity index (χ3v) is 6.32. The minimum absolute atomic E-state index is 0.112. The molecule has 1 amide bonds. The molecule has 0 spiro atoms. The zero-order valence-electron chi connectivity index (χ0n) is 22.5. The summed E-state index contributed by atoms with van der Waals surface area (Å²) in [6.45, 7) is 2.98. The van der Waals surface area contributed by atoms with Crippen molar-refractivity contribution in [2.24, 2.45) is 0 Å². The Morgan fingerprint density at radius 3 is 2.00 bits per heavy atom. The van der Waals surface area contributed by atoms with Crippen LogP contribution in [0.1, 0.15) is 16.7 Å². The Morgan fingerprint density at radius 2 is 1.52 bits per heavy atom. The van der Waals surface area contributed by atoms with Crippen LogP contribution in [0.2, 0.25) is 5.15 Å². The molecule has 3 N–H and O–H groups in total. The van der Waals surface area contributed by atoms with Gasteiger partial charge < -0.3 is 34.9 Å². The van der Waals surface area contributed by atoms with Crippen LogP contribution in [0, 0.1) is 17.0 Å². The van der Waals surface area contributed by atoms with E-state index in [1.165, 1.54) is 0 Å². The molecule has 13 heteroatoms. The Morgan fingerprint density at radius 1 is 1.00 bits per heavy atom. The smallest absolute Gasteiger partial charge is 0.404 e. The number of halogens is 1. The van der Waals surface area contributed by atoms with Crippen molar-refractivity contribution < 1.29 is 29.0 Å². The van der Waals surface area contributed by atoms with Crippen LogP contribution < -0.4 is 25.0 Å². The molecule has 0 radical (unpaired) electrons. The lowest BCUT2D eigenvalue weighted by atomic mass is 10.1. The van der Waals surface area contributed by atoms with E-state index < -0.39 is 11.0 Å². The molecule has 0 saturated carbocycles. The molecule has 0 bridgehead atoms. The van der Waals surface area contributed by atoms with Crippen LogP contribution in [0.4, 0.5) is 22.0 Å². The highest BCUT2D eigenvalue weighted by molar-refractivity contribution is 6.30. The molecule has 40 heavy (non-hydrogen) atoms. The van der Waals surface area contributed by atoms with Gasteiger partial charge in [-0.3, -0.25) is 10.1 Å². The highest BCUT2D eigenvalue weighted by Crippen LogP contribution is 2.40. The van der Waals surface area contributed by atoms with Gasteiger partial charge in [0.05, 0.1) is 32.4 Å². The third-order valence-electron chi connectivity index (χ3n) is 5.95. The number of benzene rings is 2. The van der Waals surface area contributed by atoms with E-state index in [9.17, 15) is 14.9 Å². The Bertz CT molecular complexity index is 1240. The molecule has 1 aromatic heterocycles. The molecule has 0 saturated heterocycles. The van der Waals surface area contributed by atoms with Crippen LogP contribution in [0.3, 0.4) is 0 Å². The average Bonchev–Trinajstić information content (AvgIpc) is 2.94. The Kier molecular flexibility index (Phi) is 11.2. The molecule has 0 atom stereocenters. The number of nitro groups is 1. The summed E-state index contributed by atoms with van der Waals surface area (Å²) < 4.78 is 15.9. The van der Waals surface area contributed by atoms with E-state index in [0.717, 1.165) is 11.1 Å². The molecule has 12 nitrogen and oxygen atoms in total. The minimum Gasteiger partial charge on any atom is -0.497 e. The molecule has 0 fully saturated rings. The molecular formula is C27H32ClN5O7. The van der Waals surface area contributed by atoms with Crippen LogP contribution in [-0.4, -0.2) is 61.6 Å². The van der Waals surface area contributed by atoms with E-state index in [0.29, 0.717) is 30.2 Å². The molecular weight excluding hydrogens is 542 g/mol. The quantitative estimate of drug-likeness (QED) is 0.0994. The second kappa shape index (κ2) is 14.8. The molecule has 1 heterocycles. The number of aromatic nitrogens is 1. The van der Waals surface area contributed by atoms with Gasteiger partial charge in [-0.15, -0.1) is 0 Å². The van der Waals surface area contributed by atoms with Crippen LogP contribution in [0.5, 0.6) is 11.5 Å². The number of nitrogens with zero attached hydrogens (tertiary/aromatic N) is 3. The Labute approximate surface area is 237 Å². The standard InChI is InChI=1S/C27H32ClN5O7/c1-18-23(29-12-14-40-15-13-30-27(34)35)24(33(36)37)26(31-25(18)28)32(16-19-4-8-21(38-2)9-5-19)17-20-6-10-22(39-3)11-7-20/h4-11,30H,12-17H2,1-3H3,(H,29,31)(H,34,35). The summed E-state index contributed by atoms with van der Waals surface area (Å²) in [6, 6.07) is 14.8. The lowest BCUT2D eigenvalue weighted by molar-refractivity contribution is -0.383. The van der Waals surface area contributed by atoms with Crippen molar-refractivity contribution in [3.05, 3.63) is 80.5 Å². The van der Waals surface area contributed by atoms with Crippen molar-refractivity contribution >= 4 is 34.9 Å². The van der Waals surface area contributed by atoms with Crippen molar-refractivity contribution in [3.63, 3.8) is 0 Å². The molecule has 2 aromatic carbocycles. The third kappa shape index (κ3) is 8.35. The summed E-state index contributed by atoms with van der Waals surface area (Å²) in [5.74, 6) is 1.50. The van der Waals surface area contributed by atoms with Crippen molar-refractivity contribution in [2.45, 2.75) is 20.0 Å². The van der Waals surface area contributed by atoms with Crippen molar-refractivity contribution in [1.82, 2.24) is 10.3 Å². The van der Waals surface area contributed by atoms with Crippen LogP contribution in [0.15, 0.2) is 48.5 Å². The van der Waals surface area contributed by atoms with Crippen LogP contribution >= 0.6 is 11.6 Å². The van der Waals surface area contributed by atoms with Gasteiger partial charge in [-0.1, -0.05) is 35.9 Å². The fraction of sp³-hybridized carbons (Fsp3) is 0.333. The van der Waals surface area contributed by atoms with Gasteiger partial charge in [0.2, 0.25) is 5.82 Å². The number of methoxy groups -OCH3 is 2. The number of nitrogens with one attached hydrogen (secondary N) is 2. The second-order valence-corrected chi connectivity index (χ2v) is 9.01. The van der Waals surface area contributed by atoms with Crippen molar-refractivity contribution in [3.8, 4) is 11.5 Å². The van der Waals surface area contributed by atoms with Crippen molar-refractivity contribution in [1.29, 1.82) is 0 Å². The fourth-order valence-electron chi connectivity index (χ4n) is 3.92. The first kappa shape index (κ1) is 30.3. The van der Waals surface area contributed by atoms with E-state index in [2.05, 4.69) is 15.6 Å². The number of hydrogen-bond donors (Lipinski definition) is 3. The monoisotopic (exact) mass is 573 g/mol. The summed E-state index contributed by atoms with van der Waals surface area (Å²) in [6.07, 6.45) is -1.14. The van der Waals surface area contributed by atoms with Gasteiger partial charge in [-0.25, -0.2) is 9.78 Å². The van der Waals surface area contributed by atoms with Crippen molar-refractivity contribution in [2.75, 3.05) is 50.7 Å². The Hall–Kier alpha value is -4.29. The van der Waals surface area contributed by atoms with Gasteiger partial charge in [0.15, 0.2) is 0 Å². The molecule has 0 aliphatic carbocycles. The first-order valence-corrected chi connectivity index (χ1v) is 12.7. The van der Waals surface area contributed by atoms with E-state index in [4.69, 9.17) is 30.9 Å². The first-order valence-electron chi connectivity index (χ1n) is 12.4. The summed E-state index contributed by atoms with van der Waals surface area (Å²) in [5.41, 5.74) is 2.23. The summed E-state index contributed by atoms with van der Waals surface area (Å²) in [5, 5.41) is 26.5. The molecule has 0 aliphatic heterocycles. The summed E-state index contributed by atoms with van der Waals surface area (Å²) >= 11 is 6.51. The predicted molar refractivity (Wildman–Crippen MR) is 152 cm³/mol. The molecule has 214 valence electrons. The van der Waals surface area contributed by atoms with Gasteiger partial charge >= 0.3 is 11.8 Å². The number of anilines is 2. The van der Waals surface area contributed by atoms with E-state index in [1.807, 2.05) is 48.5 Å². The van der Waals surface area contributed by atoms with Gasteiger partial charge in [0.25, 0.3) is 0 Å². The number of pyridine rings is 1. The average molecular weight is 574 g/mol. The van der Waals surface area contributed by atoms with Gasteiger partial charge in [0, 0.05) is 31.7 Å². The summed E-state index contributed by atoms with van der Waals surface area (Å²) in [4.78, 5) is 28.8. The number of hydrogen-bond acceptors (Lipinski definition) is 9. The maximum absolute atomic E-state index is 12.4. The predicted octanol–water partition coefficient (Wildman–Crippen LogP) is 4.87. The fourth-order valence-corrected chi connectivity index (χ4v) is 4.10. The summed E-state index contributed by atoms with van der Waals surface area (Å²) in [7, 11) is 3.16. The van der Waals surface area contributed by atoms with Gasteiger partial charge in [-0.2, -0.15) is 0 Å². The van der Waals surface area contributed by atoms with Crippen LogP contribution in [-0.2, 0) is 17.8 Å². The zero-order chi connectivity index (χ0) is 29.1. The maximum atomic E-state index is 12.4. The number of carbonyl (C=O) groups is 1. The van der Waals surface area contributed by atoms with Crippen LogP contribution in [0.25, 0.3) is 0 Å². The highest BCUT2D eigenvalue weighted by atomic mass is 35.5. The van der Waals surface area contributed by atoms with Gasteiger partial charge in [-0.05, 0) is 42.3 Å². The minimum atomic E-state index is -1.14. The molecule has 3 aromatic rings. The lowest BCUT2D eigenvalue weighted by Crippen LogP contribution is -2.26. The number of carboxylic acid groups (broad SMARTS) is 1. The van der Waals surface area contributed by atoms with Gasteiger partial charge in [0.1, 0.15) is 22.3 Å². The molecule has 3 rings (SSSR count). The van der Waals surface area contributed by atoms with E-state index in [1.54, 1.807) is 26.0 Å². The lowest BCUT2D eigenvalue weighted by Gasteiger charge is -2.26. The molecule has 0 aliphatic rings. The maximum Gasteiger partial charge on any atom is 0.404 e. The Balaban J connectivity index is 1.94. The highest BCUT2D eigenvalue weighted by Gasteiger charge is 2.30.